The van der Waals surface area contributed by atoms with Crippen molar-refractivity contribution in [1.82, 2.24) is 5.32 Å². The van der Waals surface area contributed by atoms with Gasteiger partial charge in [0, 0.05) is 19.1 Å². The van der Waals surface area contributed by atoms with E-state index in [-0.39, 0.29) is 23.9 Å². The lowest BCUT2D eigenvalue weighted by Gasteiger charge is -2.43. The maximum absolute atomic E-state index is 12.9. The van der Waals surface area contributed by atoms with Gasteiger partial charge in [0.15, 0.2) is 11.5 Å². The number of hydrogen-bond donors (Lipinski definition) is 2. The Morgan fingerprint density at radius 2 is 1.89 bits per heavy atom. The summed E-state index contributed by atoms with van der Waals surface area (Å²) in [5.74, 6) is 2.57. The molecule has 28 heavy (non-hydrogen) atoms. The fourth-order valence-corrected chi connectivity index (χ4v) is 4.73. The van der Waals surface area contributed by atoms with Crippen molar-refractivity contribution in [3.8, 4) is 11.5 Å². The molecular formula is C22H34N2O4. The Kier molecular flexibility index (Phi) is 7.18. The van der Waals surface area contributed by atoms with Crippen molar-refractivity contribution in [2.24, 2.45) is 23.5 Å². The summed E-state index contributed by atoms with van der Waals surface area (Å²) in [5, 5.41) is 3.20. The molecule has 2 fully saturated rings. The van der Waals surface area contributed by atoms with Crippen molar-refractivity contribution < 1.29 is 19.0 Å². The average Bonchev–Trinajstić information content (AvgIpc) is 2.68. The maximum Gasteiger partial charge on any atom is 0.223 e. The van der Waals surface area contributed by atoms with Crippen LogP contribution in [0.2, 0.25) is 0 Å². The van der Waals surface area contributed by atoms with E-state index in [1.807, 2.05) is 25.1 Å². The molecule has 2 aliphatic carbocycles. The molecule has 3 N–H and O–H groups in total. The zero-order valence-corrected chi connectivity index (χ0v) is 17.3. The SMILES string of the molecule is COCCOc1ccc(C(C)NC(=O)C2CC3CCCC(C2)C3N)cc1OC. The van der Waals surface area contributed by atoms with Gasteiger partial charge in [-0.3, -0.25) is 4.79 Å². The maximum atomic E-state index is 12.9. The van der Waals surface area contributed by atoms with Crippen LogP contribution in [0.15, 0.2) is 18.2 Å². The largest absolute Gasteiger partial charge is 0.493 e. The molecule has 156 valence electrons. The van der Waals surface area contributed by atoms with Crippen molar-refractivity contribution >= 4 is 5.91 Å². The highest BCUT2D eigenvalue weighted by Gasteiger charge is 2.40. The van der Waals surface area contributed by atoms with E-state index in [0.717, 1.165) is 18.4 Å². The van der Waals surface area contributed by atoms with Crippen molar-refractivity contribution in [2.45, 2.75) is 51.1 Å². The van der Waals surface area contributed by atoms with Crippen LogP contribution in [-0.4, -0.2) is 39.4 Å². The summed E-state index contributed by atoms with van der Waals surface area (Å²) < 4.78 is 16.2. The van der Waals surface area contributed by atoms with Gasteiger partial charge >= 0.3 is 0 Å². The van der Waals surface area contributed by atoms with Crippen LogP contribution >= 0.6 is 0 Å². The minimum absolute atomic E-state index is 0.0797. The molecule has 1 aromatic rings. The molecule has 2 saturated carbocycles. The first-order valence-corrected chi connectivity index (χ1v) is 10.4. The normalized spacial score (nSPS) is 27.7. The van der Waals surface area contributed by atoms with Gasteiger partial charge in [-0.25, -0.2) is 0 Å². The summed E-state index contributed by atoms with van der Waals surface area (Å²) >= 11 is 0. The third-order valence-electron chi connectivity index (χ3n) is 6.38. The Morgan fingerprint density at radius 1 is 1.18 bits per heavy atom. The number of nitrogens with two attached hydrogens (primary N) is 1. The molecule has 2 aliphatic rings. The molecule has 0 saturated heterocycles. The van der Waals surface area contributed by atoms with Crippen LogP contribution in [0.25, 0.3) is 0 Å². The molecule has 0 heterocycles. The fraction of sp³-hybridized carbons (Fsp3) is 0.682. The predicted octanol–water partition coefficient (Wildman–Crippen LogP) is 3.05. The number of hydrogen-bond acceptors (Lipinski definition) is 5. The number of carbonyl (C=O) groups is 1. The van der Waals surface area contributed by atoms with E-state index in [0.29, 0.717) is 36.5 Å². The van der Waals surface area contributed by atoms with E-state index < -0.39 is 0 Å². The van der Waals surface area contributed by atoms with Crippen LogP contribution in [-0.2, 0) is 9.53 Å². The van der Waals surface area contributed by atoms with E-state index in [4.69, 9.17) is 19.9 Å². The van der Waals surface area contributed by atoms with Gasteiger partial charge in [-0.1, -0.05) is 12.5 Å². The summed E-state index contributed by atoms with van der Waals surface area (Å²) in [4.78, 5) is 12.9. The summed E-state index contributed by atoms with van der Waals surface area (Å²) in [6, 6.07) is 5.98. The highest BCUT2D eigenvalue weighted by molar-refractivity contribution is 5.79. The van der Waals surface area contributed by atoms with Gasteiger partial charge in [-0.2, -0.15) is 0 Å². The van der Waals surface area contributed by atoms with Crippen molar-refractivity contribution in [3.63, 3.8) is 0 Å². The van der Waals surface area contributed by atoms with Crippen LogP contribution in [0, 0.1) is 17.8 Å². The van der Waals surface area contributed by atoms with Gasteiger partial charge in [0.25, 0.3) is 0 Å². The Balaban J connectivity index is 1.60. The van der Waals surface area contributed by atoms with Crippen molar-refractivity contribution in [1.29, 1.82) is 0 Å². The highest BCUT2D eigenvalue weighted by Crippen LogP contribution is 2.42. The fourth-order valence-electron chi connectivity index (χ4n) is 4.73. The predicted molar refractivity (Wildman–Crippen MR) is 108 cm³/mol. The minimum Gasteiger partial charge on any atom is -0.493 e. The summed E-state index contributed by atoms with van der Waals surface area (Å²) in [7, 11) is 3.26. The molecule has 0 aliphatic heterocycles. The Morgan fingerprint density at radius 3 is 2.54 bits per heavy atom. The van der Waals surface area contributed by atoms with E-state index >= 15 is 0 Å². The molecule has 0 radical (unpaired) electrons. The monoisotopic (exact) mass is 390 g/mol. The van der Waals surface area contributed by atoms with Crippen LogP contribution in [0.4, 0.5) is 0 Å². The molecule has 0 spiro atoms. The third kappa shape index (κ3) is 4.78. The van der Waals surface area contributed by atoms with E-state index in [1.54, 1.807) is 14.2 Å². The topological polar surface area (TPSA) is 82.8 Å². The third-order valence-corrected chi connectivity index (χ3v) is 6.38. The Labute approximate surface area is 168 Å². The van der Waals surface area contributed by atoms with Gasteiger partial charge in [0.2, 0.25) is 5.91 Å². The summed E-state index contributed by atoms with van der Waals surface area (Å²) in [6.07, 6.45) is 5.43. The van der Waals surface area contributed by atoms with E-state index in [9.17, 15) is 4.79 Å². The van der Waals surface area contributed by atoms with Crippen LogP contribution in [0.1, 0.15) is 50.6 Å². The zero-order chi connectivity index (χ0) is 20.1. The summed E-state index contributed by atoms with van der Waals surface area (Å²) in [6.45, 7) is 2.99. The molecule has 2 bridgehead atoms. The first-order valence-electron chi connectivity index (χ1n) is 10.4. The number of rotatable bonds is 8. The zero-order valence-electron chi connectivity index (χ0n) is 17.3. The average molecular weight is 391 g/mol. The molecule has 3 unspecified atom stereocenters. The first kappa shape index (κ1) is 20.9. The minimum atomic E-state index is -0.0927. The Hall–Kier alpha value is -1.79. The second-order valence-electron chi connectivity index (χ2n) is 8.18. The van der Waals surface area contributed by atoms with E-state index in [1.165, 1.54) is 19.3 Å². The number of carbonyl (C=O) groups excluding carboxylic acids is 1. The van der Waals surface area contributed by atoms with Gasteiger partial charge in [-0.05, 0) is 62.1 Å². The molecule has 1 amide bonds. The van der Waals surface area contributed by atoms with Gasteiger partial charge < -0.3 is 25.3 Å². The lowest BCUT2D eigenvalue weighted by Crippen LogP contribution is -2.49. The smallest absolute Gasteiger partial charge is 0.223 e. The number of benzene rings is 1. The van der Waals surface area contributed by atoms with Crippen molar-refractivity contribution in [2.75, 3.05) is 27.4 Å². The molecule has 6 heteroatoms. The summed E-state index contributed by atoms with van der Waals surface area (Å²) in [5.41, 5.74) is 7.36. The molecular weight excluding hydrogens is 356 g/mol. The molecule has 1 aromatic carbocycles. The number of methoxy groups -OCH3 is 2. The van der Waals surface area contributed by atoms with Crippen LogP contribution in [0.3, 0.4) is 0 Å². The molecule has 6 nitrogen and oxygen atoms in total. The molecule has 3 atom stereocenters. The number of ether oxygens (including phenoxy) is 3. The lowest BCUT2D eigenvalue weighted by atomic mass is 9.65. The van der Waals surface area contributed by atoms with Crippen LogP contribution < -0.4 is 20.5 Å². The molecule has 3 rings (SSSR count). The van der Waals surface area contributed by atoms with Gasteiger partial charge in [0.05, 0.1) is 19.8 Å². The number of fused-ring (bicyclic) bond motifs is 2. The quantitative estimate of drug-likeness (QED) is 0.667. The second-order valence-corrected chi connectivity index (χ2v) is 8.18. The standard InChI is InChI=1S/C22H34N2O4/c1-14(15-7-8-19(20(13-15)27-3)28-10-9-26-2)24-22(25)18-11-16-5-4-6-17(12-18)21(16)23/h7-8,13-14,16-18,21H,4-6,9-12,23H2,1-3H3,(H,24,25). The number of amides is 1. The number of nitrogens with one attached hydrogen (secondary N) is 1. The lowest BCUT2D eigenvalue weighted by molar-refractivity contribution is -0.128. The van der Waals surface area contributed by atoms with E-state index in [2.05, 4.69) is 5.32 Å². The first-order chi connectivity index (χ1) is 13.5. The van der Waals surface area contributed by atoms with Gasteiger partial charge in [0.1, 0.15) is 6.61 Å². The van der Waals surface area contributed by atoms with Crippen molar-refractivity contribution in [3.05, 3.63) is 23.8 Å². The second kappa shape index (κ2) is 9.61. The van der Waals surface area contributed by atoms with Crippen LogP contribution in [0.5, 0.6) is 11.5 Å². The molecule has 0 aromatic heterocycles. The van der Waals surface area contributed by atoms with Gasteiger partial charge in [-0.15, -0.1) is 0 Å². The Bertz CT molecular complexity index is 652. The highest BCUT2D eigenvalue weighted by atomic mass is 16.5.